The second-order valence-electron chi connectivity index (χ2n) is 8.26. The minimum absolute atomic E-state index is 0.126. The zero-order valence-electron chi connectivity index (χ0n) is 17.4. The van der Waals surface area contributed by atoms with Crippen LogP contribution in [-0.4, -0.2) is 46.5 Å². The number of pyridine rings is 1. The molecular formula is C22H19FN8O2. The van der Waals surface area contributed by atoms with Crippen LogP contribution in [0.1, 0.15) is 59.5 Å². The summed E-state index contributed by atoms with van der Waals surface area (Å²) in [5, 5.41) is 15.2. The van der Waals surface area contributed by atoms with Gasteiger partial charge in [-0.2, -0.15) is 14.6 Å². The predicted molar refractivity (Wildman–Crippen MR) is 114 cm³/mol. The number of aromatic amines is 1. The number of hydrogen-bond acceptors (Lipinski definition) is 7. The molecule has 0 unspecified atom stereocenters. The summed E-state index contributed by atoms with van der Waals surface area (Å²) in [5.41, 5.74) is 1.95. The van der Waals surface area contributed by atoms with E-state index >= 15 is 0 Å². The van der Waals surface area contributed by atoms with E-state index in [0.29, 0.717) is 29.8 Å². The molecule has 1 atom stereocenters. The highest BCUT2D eigenvalue weighted by molar-refractivity contribution is 6.05. The lowest BCUT2D eigenvalue weighted by Crippen LogP contribution is -2.35. The Hall–Kier alpha value is -4.15. The third kappa shape index (κ3) is 3.51. The molecule has 11 heteroatoms. The summed E-state index contributed by atoms with van der Waals surface area (Å²) in [6.07, 6.45) is 5.79. The van der Waals surface area contributed by atoms with E-state index in [-0.39, 0.29) is 17.9 Å². The van der Waals surface area contributed by atoms with E-state index in [4.69, 9.17) is 0 Å². The number of H-pyrrole nitrogens is 1. The van der Waals surface area contributed by atoms with Crippen LogP contribution in [0.2, 0.25) is 0 Å². The van der Waals surface area contributed by atoms with Gasteiger partial charge in [0.1, 0.15) is 11.6 Å². The zero-order chi connectivity index (χ0) is 22.5. The van der Waals surface area contributed by atoms with Crippen LogP contribution in [0.15, 0.2) is 42.7 Å². The molecule has 1 aliphatic carbocycles. The summed E-state index contributed by atoms with van der Waals surface area (Å²) >= 11 is 0. The Balaban J connectivity index is 1.35. The SMILES string of the molecule is O=C1CC[C@@H](c2nc(Nc3cc(C4CC4)[nH]n3)c3cccn3n2)N1C(=O)c1ccc(F)nc1. The number of halogens is 1. The molecular weight excluding hydrogens is 427 g/mol. The maximum absolute atomic E-state index is 13.2. The lowest BCUT2D eigenvalue weighted by atomic mass is 10.2. The molecule has 2 fully saturated rings. The molecule has 1 saturated carbocycles. The maximum atomic E-state index is 13.2. The Bertz CT molecular complexity index is 1370. The van der Waals surface area contributed by atoms with E-state index in [1.807, 2.05) is 18.2 Å². The van der Waals surface area contributed by atoms with Crippen LogP contribution >= 0.6 is 0 Å². The number of carbonyl (C=O) groups is 2. The van der Waals surface area contributed by atoms with E-state index in [1.54, 1.807) is 10.7 Å². The number of nitrogens with one attached hydrogen (secondary N) is 2. The van der Waals surface area contributed by atoms with Crippen LogP contribution < -0.4 is 5.32 Å². The van der Waals surface area contributed by atoms with Gasteiger partial charge in [0.25, 0.3) is 5.91 Å². The van der Waals surface area contributed by atoms with Gasteiger partial charge in [0.15, 0.2) is 17.5 Å². The van der Waals surface area contributed by atoms with Gasteiger partial charge < -0.3 is 5.32 Å². The van der Waals surface area contributed by atoms with E-state index in [1.165, 1.54) is 6.07 Å². The molecule has 1 saturated heterocycles. The molecule has 1 aliphatic heterocycles. The molecule has 0 aromatic carbocycles. The van der Waals surface area contributed by atoms with Crippen molar-refractivity contribution in [1.82, 2.24) is 34.7 Å². The van der Waals surface area contributed by atoms with Crippen molar-refractivity contribution in [3.63, 3.8) is 0 Å². The fourth-order valence-corrected chi connectivity index (χ4v) is 4.13. The molecule has 33 heavy (non-hydrogen) atoms. The lowest BCUT2D eigenvalue weighted by Gasteiger charge is -2.22. The summed E-state index contributed by atoms with van der Waals surface area (Å²) in [5.74, 6) is 0.437. The number of nitrogens with zero attached hydrogens (tertiary/aromatic N) is 6. The normalized spacial score (nSPS) is 18.3. The molecule has 0 bridgehead atoms. The van der Waals surface area contributed by atoms with E-state index in [0.717, 1.165) is 41.2 Å². The summed E-state index contributed by atoms with van der Waals surface area (Å²) in [7, 11) is 0. The van der Waals surface area contributed by atoms with Gasteiger partial charge in [-0.25, -0.2) is 14.5 Å². The maximum Gasteiger partial charge on any atom is 0.262 e. The molecule has 0 radical (unpaired) electrons. The Kier molecular flexibility index (Phi) is 4.42. The van der Waals surface area contributed by atoms with Crippen LogP contribution in [-0.2, 0) is 4.79 Å². The largest absolute Gasteiger partial charge is 0.322 e. The molecule has 4 aromatic heterocycles. The fourth-order valence-electron chi connectivity index (χ4n) is 4.13. The van der Waals surface area contributed by atoms with Gasteiger partial charge in [-0.1, -0.05) is 0 Å². The molecule has 2 aliphatic rings. The number of anilines is 2. The van der Waals surface area contributed by atoms with Gasteiger partial charge in [-0.3, -0.25) is 19.6 Å². The molecule has 5 heterocycles. The van der Waals surface area contributed by atoms with Crippen molar-refractivity contribution >= 4 is 29.0 Å². The molecule has 4 aromatic rings. The quantitative estimate of drug-likeness (QED) is 0.357. The number of aromatic nitrogens is 6. The summed E-state index contributed by atoms with van der Waals surface area (Å²) in [4.78, 5) is 35.0. The molecule has 0 spiro atoms. The Morgan fingerprint density at radius 3 is 2.88 bits per heavy atom. The number of hydrogen-bond donors (Lipinski definition) is 2. The average molecular weight is 446 g/mol. The number of carbonyl (C=O) groups excluding carboxylic acids is 2. The van der Waals surface area contributed by atoms with Crippen molar-refractivity contribution in [2.45, 2.75) is 37.6 Å². The Labute approximate surface area is 186 Å². The van der Waals surface area contributed by atoms with Crippen LogP contribution in [0.25, 0.3) is 5.52 Å². The summed E-state index contributed by atoms with van der Waals surface area (Å²) in [6.45, 7) is 0. The second kappa shape index (κ2) is 7.47. The number of rotatable bonds is 5. The van der Waals surface area contributed by atoms with Crippen molar-refractivity contribution in [3.8, 4) is 0 Å². The monoisotopic (exact) mass is 446 g/mol. The van der Waals surface area contributed by atoms with Crippen LogP contribution in [0.4, 0.5) is 16.0 Å². The van der Waals surface area contributed by atoms with Crippen LogP contribution in [0, 0.1) is 5.95 Å². The topological polar surface area (TPSA) is 121 Å². The minimum Gasteiger partial charge on any atom is -0.322 e. The van der Waals surface area contributed by atoms with E-state index in [2.05, 4.69) is 30.6 Å². The van der Waals surface area contributed by atoms with Crippen molar-refractivity contribution < 1.29 is 14.0 Å². The molecule has 6 rings (SSSR count). The van der Waals surface area contributed by atoms with Gasteiger partial charge in [0, 0.05) is 36.5 Å². The Morgan fingerprint density at radius 1 is 1.21 bits per heavy atom. The first-order valence-corrected chi connectivity index (χ1v) is 10.7. The smallest absolute Gasteiger partial charge is 0.262 e. The van der Waals surface area contributed by atoms with Crippen molar-refractivity contribution in [1.29, 1.82) is 0 Å². The lowest BCUT2D eigenvalue weighted by molar-refractivity contribution is -0.126. The molecule has 2 N–H and O–H groups in total. The minimum atomic E-state index is -0.698. The summed E-state index contributed by atoms with van der Waals surface area (Å²) < 4.78 is 14.9. The van der Waals surface area contributed by atoms with Crippen molar-refractivity contribution in [3.05, 3.63) is 65.8 Å². The highest BCUT2D eigenvalue weighted by atomic mass is 19.1. The molecule has 10 nitrogen and oxygen atoms in total. The van der Waals surface area contributed by atoms with E-state index < -0.39 is 17.9 Å². The first-order valence-electron chi connectivity index (χ1n) is 10.7. The Morgan fingerprint density at radius 2 is 2.09 bits per heavy atom. The van der Waals surface area contributed by atoms with Gasteiger partial charge >= 0.3 is 0 Å². The first-order chi connectivity index (χ1) is 16.1. The zero-order valence-corrected chi connectivity index (χ0v) is 17.4. The molecule has 2 amide bonds. The second-order valence-corrected chi connectivity index (χ2v) is 8.26. The number of fused-ring (bicyclic) bond motifs is 1. The van der Waals surface area contributed by atoms with Crippen molar-refractivity contribution in [2.75, 3.05) is 5.32 Å². The number of imide groups is 1. The van der Waals surface area contributed by atoms with Crippen LogP contribution in [0.3, 0.4) is 0 Å². The van der Waals surface area contributed by atoms with Gasteiger partial charge in [-0.15, -0.1) is 0 Å². The number of amides is 2. The highest BCUT2D eigenvalue weighted by Gasteiger charge is 2.39. The van der Waals surface area contributed by atoms with Crippen LogP contribution in [0.5, 0.6) is 0 Å². The third-order valence-corrected chi connectivity index (χ3v) is 5.97. The predicted octanol–water partition coefficient (Wildman–Crippen LogP) is 3.11. The van der Waals surface area contributed by atoms with Gasteiger partial charge in [0.2, 0.25) is 11.9 Å². The van der Waals surface area contributed by atoms with Gasteiger partial charge in [0.05, 0.1) is 5.56 Å². The van der Waals surface area contributed by atoms with Crippen molar-refractivity contribution in [2.24, 2.45) is 0 Å². The molecule has 166 valence electrons. The highest BCUT2D eigenvalue weighted by Crippen LogP contribution is 2.40. The third-order valence-electron chi connectivity index (χ3n) is 5.97. The summed E-state index contributed by atoms with van der Waals surface area (Å²) in [6, 6.07) is 7.43. The fraction of sp³-hybridized carbons (Fsp3) is 0.273. The number of likely N-dealkylation sites (tertiary alicyclic amines) is 1. The average Bonchev–Trinajstić information content (AvgIpc) is 3.19. The van der Waals surface area contributed by atoms with Gasteiger partial charge in [-0.05, 0) is 43.5 Å². The first kappa shape index (κ1) is 19.5. The standard InChI is InChI=1S/C22H19FN8O2/c23-17-7-5-13(11-24-17)22(33)31-16(6-8-19(31)32)21-26-20(15-2-1-9-30(15)29-21)25-18-10-14(27-28-18)12-3-4-12/h1-2,5,7,9-12,16H,3-4,6,8H2,(H2,25,26,27,28,29)/t16-/m0/s1. The van der Waals surface area contributed by atoms with E-state index in [9.17, 15) is 14.0 Å².